The van der Waals surface area contributed by atoms with Gasteiger partial charge in [0.1, 0.15) is 10.7 Å². The third-order valence-corrected chi connectivity index (χ3v) is 8.81. The van der Waals surface area contributed by atoms with E-state index in [-0.39, 0.29) is 18.5 Å². The Morgan fingerprint density at radius 2 is 1.79 bits per heavy atom. The molecule has 0 bridgehead atoms. The summed E-state index contributed by atoms with van der Waals surface area (Å²) >= 11 is 0. The van der Waals surface area contributed by atoms with Gasteiger partial charge in [-0.1, -0.05) is 31.0 Å². The molecule has 3 N–H and O–H groups in total. The molecule has 1 amide bonds. The highest BCUT2D eigenvalue weighted by atomic mass is 32.2. The van der Waals surface area contributed by atoms with Gasteiger partial charge in [0.05, 0.1) is 11.6 Å². The molecule has 0 saturated heterocycles. The lowest BCUT2D eigenvalue weighted by Gasteiger charge is -2.27. The minimum absolute atomic E-state index is 0.215. The number of nitrogens with one attached hydrogen (secondary N) is 3. The molecule has 4 rings (SSSR count). The largest absolute Gasteiger partial charge is 0.416 e. The number of fused-ring (bicyclic) bond motifs is 1. The summed E-state index contributed by atoms with van der Waals surface area (Å²) in [6.07, 6.45) is 2.43. The molecule has 2 aromatic carbocycles. The van der Waals surface area contributed by atoms with Gasteiger partial charge in [-0.15, -0.1) is 0 Å². The van der Waals surface area contributed by atoms with Crippen LogP contribution in [0.5, 0.6) is 0 Å². The molecule has 0 radical (unpaired) electrons. The van der Waals surface area contributed by atoms with Gasteiger partial charge in [-0.25, -0.2) is 17.5 Å². The van der Waals surface area contributed by atoms with E-state index >= 15 is 0 Å². The lowest BCUT2D eigenvalue weighted by Crippen LogP contribution is -2.39. The number of amides is 1. The lowest BCUT2D eigenvalue weighted by molar-refractivity contribution is -0.137. The van der Waals surface area contributed by atoms with Crippen molar-refractivity contribution >= 4 is 15.9 Å². The number of hydrogen-bond acceptors (Lipinski definition) is 4. The fourth-order valence-electron chi connectivity index (χ4n) is 5.31. The molecule has 0 heterocycles. The van der Waals surface area contributed by atoms with Gasteiger partial charge >= 0.3 is 6.18 Å². The van der Waals surface area contributed by atoms with E-state index in [9.17, 15) is 30.8 Å². The van der Waals surface area contributed by atoms with E-state index in [2.05, 4.69) is 27.5 Å². The van der Waals surface area contributed by atoms with Crippen LogP contribution in [-0.2, 0) is 34.0 Å². The van der Waals surface area contributed by atoms with Crippen LogP contribution in [-0.4, -0.2) is 26.4 Å². The van der Waals surface area contributed by atoms with Crippen LogP contribution < -0.4 is 15.4 Å². The Hall–Kier alpha value is -2.50. The zero-order valence-electron chi connectivity index (χ0n) is 21.2. The Morgan fingerprint density at radius 1 is 1.05 bits per heavy atom. The Balaban J connectivity index is 1.35. The van der Waals surface area contributed by atoms with Crippen LogP contribution in [0.3, 0.4) is 0 Å². The highest BCUT2D eigenvalue weighted by molar-refractivity contribution is 7.89. The van der Waals surface area contributed by atoms with Crippen molar-refractivity contribution in [2.75, 3.05) is 0 Å². The SMILES string of the molecule is C[C@@H](CC(=O)N[C@@H]1CCCc2cc(CNC3CCCC3)ccc21)NS(=O)(=O)c1cc(C(F)(F)F)ccc1F. The van der Waals surface area contributed by atoms with Crippen LogP contribution >= 0.6 is 0 Å². The van der Waals surface area contributed by atoms with Gasteiger partial charge in [-0.05, 0) is 73.9 Å². The number of hydrogen-bond donors (Lipinski definition) is 3. The monoisotopic (exact) mass is 555 g/mol. The number of carbonyl (C=O) groups excluding carboxylic acids is 1. The number of alkyl halides is 3. The topological polar surface area (TPSA) is 87.3 Å². The number of carbonyl (C=O) groups is 1. The predicted molar refractivity (Wildman–Crippen MR) is 135 cm³/mol. The molecule has 11 heteroatoms. The second-order valence-electron chi connectivity index (χ2n) is 10.3. The Labute approximate surface area is 220 Å². The highest BCUT2D eigenvalue weighted by Gasteiger charge is 2.33. The molecule has 2 atom stereocenters. The maximum atomic E-state index is 14.1. The quantitative estimate of drug-likeness (QED) is 0.375. The summed E-state index contributed by atoms with van der Waals surface area (Å²) in [5, 5.41) is 6.56. The van der Waals surface area contributed by atoms with Gasteiger partial charge in [0, 0.05) is 25.0 Å². The number of aryl methyl sites for hydroxylation is 1. The standard InChI is InChI=1S/C27H33F4N3O3S/c1-17(34-38(36,37)25-15-20(27(29,30)31)10-12-23(25)28)13-26(35)33-24-8-4-5-19-14-18(9-11-22(19)24)16-32-21-6-2-3-7-21/h9-12,14-15,17,21,24,32,34H,2-8,13,16H2,1H3,(H,33,35)/t17-,24+/m0/s1. The summed E-state index contributed by atoms with van der Waals surface area (Å²) in [5.74, 6) is -1.71. The zero-order valence-corrected chi connectivity index (χ0v) is 22.0. The van der Waals surface area contributed by atoms with E-state index in [0.29, 0.717) is 18.2 Å². The summed E-state index contributed by atoms with van der Waals surface area (Å²) < 4.78 is 80.3. The van der Waals surface area contributed by atoms with Crippen molar-refractivity contribution < 1.29 is 30.8 Å². The summed E-state index contributed by atoms with van der Waals surface area (Å²) in [6, 6.07) is 6.85. The summed E-state index contributed by atoms with van der Waals surface area (Å²) in [7, 11) is -4.63. The Morgan fingerprint density at radius 3 is 2.50 bits per heavy atom. The molecule has 0 aromatic heterocycles. The van der Waals surface area contributed by atoms with Gasteiger partial charge < -0.3 is 10.6 Å². The second kappa shape index (κ2) is 11.7. The first-order chi connectivity index (χ1) is 17.9. The van der Waals surface area contributed by atoms with Crippen LogP contribution in [0.1, 0.15) is 80.2 Å². The van der Waals surface area contributed by atoms with E-state index in [4.69, 9.17) is 0 Å². The molecule has 2 aromatic rings. The third-order valence-electron chi connectivity index (χ3n) is 7.20. The molecular formula is C27H33F4N3O3S. The molecule has 2 aliphatic carbocycles. The van der Waals surface area contributed by atoms with Gasteiger partial charge in [-0.3, -0.25) is 4.79 Å². The maximum absolute atomic E-state index is 14.1. The first-order valence-corrected chi connectivity index (χ1v) is 14.4. The molecular weight excluding hydrogens is 522 g/mol. The summed E-state index contributed by atoms with van der Waals surface area (Å²) in [4.78, 5) is 11.6. The van der Waals surface area contributed by atoms with E-state index in [1.54, 1.807) is 0 Å². The molecule has 0 unspecified atom stereocenters. The van der Waals surface area contributed by atoms with Gasteiger partial charge in [0.15, 0.2) is 0 Å². The number of benzene rings is 2. The molecule has 0 spiro atoms. The summed E-state index contributed by atoms with van der Waals surface area (Å²) in [6.45, 7) is 2.21. The fraction of sp³-hybridized carbons (Fsp3) is 0.519. The molecule has 1 fully saturated rings. The average molecular weight is 556 g/mol. The van der Waals surface area contributed by atoms with E-state index < -0.39 is 44.4 Å². The Kier molecular flexibility index (Phi) is 8.78. The molecule has 208 valence electrons. The van der Waals surface area contributed by atoms with Crippen molar-refractivity contribution in [2.24, 2.45) is 0 Å². The van der Waals surface area contributed by atoms with Crippen LogP contribution in [0.2, 0.25) is 0 Å². The van der Waals surface area contributed by atoms with E-state index in [1.807, 2.05) is 6.07 Å². The first-order valence-electron chi connectivity index (χ1n) is 13.0. The van der Waals surface area contributed by atoms with Gasteiger partial charge in [-0.2, -0.15) is 13.2 Å². The Bertz CT molecular complexity index is 1260. The third kappa shape index (κ3) is 7.12. The van der Waals surface area contributed by atoms with E-state index in [0.717, 1.165) is 31.4 Å². The van der Waals surface area contributed by atoms with Gasteiger partial charge in [0.2, 0.25) is 15.9 Å². The summed E-state index contributed by atoms with van der Waals surface area (Å²) in [5.41, 5.74) is 2.14. The molecule has 0 aliphatic heterocycles. The van der Waals surface area contributed by atoms with Crippen molar-refractivity contribution in [3.8, 4) is 0 Å². The molecule has 2 aliphatic rings. The highest BCUT2D eigenvalue weighted by Crippen LogP contribution is 2.32. The normalized spacial score (nSPS) is 19.2. The van der Waals surface area contributed by atoms with Crippen molar-refractivity contribution in [1.29, 1.82) is 0 Å². The van der Waals surface area contributed by atoms with Gasteiger partial charge in [0.25, 0.3) is 0 Å². The number of halogens is 4. The second-order valence-corrected chi connectivity index (χ2v) is 12.0. The van der Waals surface area contributed by atoms with Crippen molar-refractivity contribution in [1.82, 2.24) is 15.4 Å². The number of sulfonamides is 1. The minimum atomic E-state index is -4.83. The van der Waals surface area contributed by atoms with Crippen molar-refractivity contribution in [3.05, 3.63) is 64.5 Å². The van der Waals surface area contributed by atoms with Crippen molar-refractivity contribution in [2.45, 2.75) is 94.0 Å². The van der Waals surface area contributed by atoms with Crippen LogP contribution in [0, 0.1) is 5.82 Å². The van der Waals surface area contributed by atoms with Crippen molar-refractivity contribution in [3.63, 3.8) is 0 Å². The maximum Gasteiger partial charge on any atom is 0.416 e. The lowest BCUT2D eigenvalue weighted by atomic mass is 9.86. The average Bonchev–Trinajstić information content (AvgIpc) is 3.35. The minimum Gasteiger partial charge on any atom is -0.349 e. The molecule has 38 heavy (non-hydrogen) atoms. The zero-order chi connectivity index (χ0) is 27.5. The number of rotatable bonds is 9. The molecule has 6 nitrogen and oxygen atoms in total. The van der Waals surface area contributed by atoms with E-state index in [1.165, 1.54) is 43.7 Å². The fourth-order valence-corrected chi connectivity index (χ4v) is 6.65. The first kappa shape index (κ1) is 28.5. The smallest absolute Gasteiger partial charge is 0.349 e. The van der Waals surface area contributed by atoms with Crippen LogP contribution in [0.15, 0.2) is 41.3 Å². The molecule has 1 saturated carbocycles. The van der Waals surface area contributed by atoms with Crippen LogP contribution in [0.25, 0.3) is 0 Å². The van der Waals surface area contributed by atoms with Crippen LogP contribution in [0.4, 0.5) is 17.6 Å². The predicted octanol–water partition coefficient (Wildman–Crippen LogP) is 5.13.